The molecule has 2 heterocycles. The number of methoxy groups -OCH3 is 1. The SMILES string of the molecule is COc1ccc2[nH]cc([C@]3(CNS(=O)(=O)C(C)(C)C)C(=O)N(C)c4ccc(F)cc43)c2c1. The van der Waals surface area contributed by atoms with Gasteiger partial charge in [-0.2, -0.15) is 0 Å². The van der Waals surface area contributed by atoms with Crippen LogP contribution in [0.1, 0.15) is 31.9 Å². The van der Waals surface area contributed by atoms with Gasteiger partial charge in [0.15, 0.2) is 0 Å². The van der Waals surface area contributed by atoms with Gasteiger partial charge in [0, 0.05) is 41.9 Å². The molecular formula is C23H26FN3O4S. The molecule has 3 aromatic rings. The Bertz CT molecular complexity index is 1330. The molecule has 9 heteroatoms. The van der Waals surface area contributed by atoms with E-state index in [4.69, 9.17) is 4.74 Å². The predicted molar refractivity (Wildman–Crippen MR) is 122 cm³/mol. The van der Waals surface area contributed by atoms with E-state index >= 15 is 0 Å². The smallest absolute Gasteiger partial charge is 0.243 e. The second-order valence-electron chi connectivity index (χ2n) is 8.98. The lowest BCUT2D eigenvalue weighted by molar-refractivity contribution is -0.121. The maximum atomic E-state index is 14.4. The van der Waals surface area contributed by atoms with Crippen LogP contribution in [0.3, 0.4) is 0 Å². The molecule has 1 aliphatic heterocycles. The minimum atomic E-state index is -3.78. The molecule has 170 valence electrons. The second kappa shape index (κ2) is 7.31. The number of halogens is 1. The highest BCUT2D eigenvalue weighted by Gasteiger charge is 2.53. The van der Waals surface area contributed by atoms with Crippen molar-refractivity contribution in [2.24, 2.45) is 0 Å². The number of aromatic amines is 1. The number of nitrogens with zero attached hydrogens (tertiary/aromatic N) is 1. The van der Waals surface area contributed by atoms with Gasteiger partial charge >= 0.3 is 0 Å². The van der Waals surface area contributed by atoms with Crippen molar-refractivity contribution in [1.82, 2.24) is 9.71 Å². The van der Waals surface area contributed by atoms with E-state index < -0.39 is 26.0 Å². The Labute approximate surface area is 186 Å². The van der Waals surface area contributed by atoms with Gasteiger partial charge in [0.05, 0.1) is 11.9 Å². The quantitative estimate of drug-likeness (QED) is 0.613. The van der Waals surface area contributed by atoms with Crippen LogP contribution in [-0.4, -0.2) is 44.8 Å². The Kier molecular flexibility index (Phi) is 5.09. The first-order valence-electron chi connectivity index (χ1n) is 10.2. The third kappa shape index (κ3) is 3.18. The van der Waals surface area contributed by atoms with Gasteiger partial charge in [0.1, 0.15) is 17.0 Å². The van der Waals surface area contributed by atoms with Crippen molar-refractivity contribution in [2.75, 3.05) is 25.6 Å². The molecule has 1 amide bonds. The zero-order valence-electron chi connectivity index (χ0n) is 18.6. The minimum absolute atomic E-state index is 0.254. The van der Waals surface area contributed by atoms with Gasteiger partial charge in [0.2, 0.25) is 15.9 Å². The largest absolute Gasteiger partial charge is 0.497 e. The summed E-state index contributed by atoms with van der Waals surface area (Å²) in [5, 5.41) is 0.693. The minimum Gasteiger partial charge on any atom is -0.497 e. The number of likely N-dealkylation sites (N-methyl/N-ethyl adjacent to an activating group) is 1. The topological polar surface area (TPSA) is 91.5 Å². The monoisotopic (exact) mass is 459 g/mol. The van der Waals surface area contributed by atoms with E-state index in [1.807, 2.05) is 6.07 Å². The van der Waals surface area contributed by atoms with Gasteiger partial charge in [-0.1, -0.05) is 0 Å². The van der Waals surface area contributed by atoms with Gasteiger partial charge < -0.3 is 14.6 Å². The summed E-state index contributed by atoms with van der Waals surface area (Å²) in [5.74, 6) is -0.271. The van der Waals surface area contributed by atoms with Crippen molar-refractivity contribution in [2.45, 2.75) is 30.9 Å². The van der Waals surface area contributed by atoms with Crippen molar-refractivity contribution in [3.63, 3.8) is 0 Å². The number of amides is 1. The van der Waals surface area contributed by atoms with Gasteiger partial charge in [-0.15, -0.1) is 0 Å². The summed E-state index contributed by atoms with van der Waals surface area (Å²) in [6.45, 7) is 4.48. The standard InChI is InChI=1S/C23H26FN3O4S/c1-22(2,3)32(29,30)26-13-23(17-10-14(24)6-9-20(17)27(4)21(23)28)18-12-25-19-8-7-15(31-5)11-16(18)19/h6-12,25-26H,13H2,1-5H3/t23-/m1/s1. The highest BCUT2D eigenvalue weighted by Crippen LogP contribution is 2.48. The molecule has 0 aliphatic carbocycles. The molecule has 2 N–H and O–H groups in total. The first-order valence-corrected chi connectivity index (χ1v) is 11.6. The number of fused-ring (bicyclic) bond motifs is 2. The van der Waals surface area contributed by atoms with E-state index in [9.17, 15) is 17.6 Å². The Morgan fingerprint density at radius 2 is 1.88 bits per heavy atom. The molecular weight excluding hydrogens is 433 g/mol. The van der Waals surface area contributed by atoms with Crippen molar-refractivity contribution in [3.05, 3.63) is 59.5 Å². The molecule has 0 radical (unpaired) electrons. The number of H-pyrrole nitrogens is 1. The molecule has 0 bridgehead atoms. The Hall–Kier alpha value is -2.91. The Balaban J connectivity index is 2.00. The van der Waals surface area contributed by atoms with Gasteiger partial charge in [-0.25, -0.2) is 17.5 Å². The number of aromatic nitrogens is 1. The van der Waals surface area contributed by atoms with Crippen LogP contribution in [0.25, 0.3) is 10.9 Å². The number of hydrogen-bond donors (Lipinski definition) is 2. The Morgan fingerprint density at radius 1 is 1.16 bits per heavy atom. The van der Waals surface area contributed by atoms with Crippen molar-refractivity contribution in [1.29, 1.82) is 0 Å². The maximum Gasteiger partial charge on any atom is 0.243 e. The number of ether oxygens (including phenoxy) is 1. The fourth-order valence-corrected chi connectivity index (χ4v) is 5.02. The van der Waals surface area contributed by atoms with Crippen LogP contribution in [0.4, 0.5) is 10.1 Å². The molecule has 0 fully saturated rings. The fraction of sp³-hybridized carbons (Fsp3) is 0.348. The van der Waals surface area contributed by atoms with Crippen LogP contribution in [0.5, 0.6) is 5.75 Å². The van der Waals surface area contributed by atoms with Crippen LogP contribution in [0.2, 0.25) is 0 Å². The van der Waals surface area contributed by atoms with Crippen molar-refractivity contribution in [3.8, 4) is 5.75 Å². The third-order valence-electron chi connectivity index (χ3n) is 6.13. The lowest BCUT2D eigenvalue weighted by atomic mass is 9.75. The molecule has 0 saturated carbocycles. The van der Waals surface area contributed by atoms with Crippen LogP contribution >= 0.6 is 0 Å². The van der Waals surface area contributed by atoms with Gasteiger partial charge in [-0.3, -0.25) is 4.79 Å². The summed E-state index contributed by atoms with van der Waals surface area (Å²) in [4.78, 5) is 18.4. The average Bonchev–Trinajstić information content (AvgIpc) is 3.24. The van der Waals surface area contributed by atoms with Crippen LogP contribution in [0.15, 0.2) is 42.6 Å². The first-order chi connectivity index (χ1) is 14.9. The van der Waals surface area contributed by atoms with E-state index in [2.05, 4.69) is 9.71 Å². The second-order valence-corrected chi connectivity index (χ2v) is 11.5. The highest BCUT2D eigenvalue weighted by atomic mass is 32.2. The van der Waals surface area contributed by atoms with Gasteiger partial charge in [0.25, 0.3) is 0 Å². The zero-order valence-corrected chi connectivity index (χ0v) is 19.4. The molecule has 4 rings (SSSR count). The number of rotatable bonds is 5. The first kappa shape index (κ1) is 22.3. The predicted octanol–water partition coefficient (Wildman–Crippen LogP) is 3.30. The van der Waals surface area contributed by atoms with Crippen LogP contribution < -0.4 is 14.4 Å². The number of sulfonamides is 1. The molecule has 1 atom stereocenters. The summed E-state index contributed by atoms with van der Waals surface area (Å²) in [6, 6.07) is 9.52. The normalized spacial score (nSPS) is 18.9. The van der Waals surface area contributed by atoms with E-state index in [1.165, 1.54) is 23.1 Å². The summed E-state index contributed by atoms with van der Waals surface area (Å²) < 4.78 is 47.1. The molecule has 32 heavy (non-hydrogen) atoms. The summed E-state index contributed by atoms with van der Waals surface area (Å²) in [7, 11) is -0.636. The molecule has 1 aliphatic rings. The van der Waals surface area contributed by atoms with E-state index in [0.29, 0.717) is 28.0 Å². The lowest BCUT2D eigenvalue weighted by Crippen LogP contribution is -2.51. The van der Waals surface area contributed by atoms with Crippen molar-refractivity contribution >= 4 is 32.5 Å². The average molecular weight is 460 g/mol. The highest BCUT2D eigenvalue weighted by molar-refractivity contribution is 7.90. The molecule has 2 aromatic carbocycles. The summed E-state index contributed by atoms with van der Waals surface area (Å²) in [6.07, 6.45) is 1.68. The van der Waals surface area contributed by atoms with Crippen LogP contribution in [0, 0.1) is 5.82 Å². The summed E-state index contributed by atoms with van der Waals surface area (Å²) in [5.41, 5.74) is 0.770. The van der Waals surface area contributed by atoms with E-state index in [1.54, 1.807) is 53.3 Å². The Morgan fingerprint density at radius 3 is 2.53 bits per heavy atom. The molecule has 1 aromatic heterocycles. The fourth-order valence-electron chi connectivity index (χ4n) is 4.18. The number of hydrogen-bond acceptors (Lipinski definition) is 4. The summed E-state index contributed by atoms with van der Waals surface area (Å²) >= 11 is 0. The number of carbonyl (C=O) groups excluding carboxylic acids is 1. The number of carbonyl (C=O) groups is 1. The van der Waals surface area contributed by atoms with E-state index in [-0.39, 0.29) is 12.5 Å². The van der Waals surface area contributed by atoms with Crippen molar-refractivity contribution < 1.29 is 22.3 Å². The zero-order chi connectivity index (χ0) is 23.5. The molecule has 0 spiro atoms. The molecule has 0 saturated heterocycles. The molecule has 7 nitrogen and oxygen atoms in total. The third-order valence-corrected chi connectivity index (χ3v) is 8.27. The van der Waals surface area contributed by atoms with Crippen LogP contribution in [-0.2, 0) is 20.2 Å². The lowest BCUT2D eigenvalue weighted by Gasteiger charge is -2.30. The molecule has 0 unspecified atom stereocenters. The maximum absolute atomic E-state index is 14.4. The number of anilines is 1. The van der Waals surface area contributed by atoms with E-state index in [0.717, 1.165) is 5.52 Å². The number of benzene rings is 2. The number of nitrogens with one attached hydrogen (secondary N) is 2. The van der Waals surface area contributed by atoms with Gasteiger partial charge in [-0.05, 0) is 62.7 Å².